The van der Waals surface area contributed by atoms with E-state index in [2.05, 4.69) is 15.5 Å². The van der Waals surface area contributed by atoms with E-state index in [9.17, 15) is 9.18 Å². The van der Waals surface area contributed by atoms with Gasteiger partial charge in [-0.3, -0.25) is 9.36 Å². The highest BCUT2D eigenvalue weighted by Gasteiger charge is 2.20. The van der Waals surface area contributed by atoms with E-state index in [1.807, 2.05) is 44.2 Å². The minimum atomic E-state index is -0.399. The van der Waals surface area contributed by atoms with Crippen LogP contribution >= 0.6 is 11.8 Å². The first kappa shape index (κ1) is 24.3. The number of amides is 1. The number of nitrogens with zero attached hydrogens (tertiary/aromatic N) is 3. The molecule has 0 saturated carbocycles. The third-order valence-corrected chi connectivity index (χ3v) is 5.86. The summed E-state index contributed by atoms with van der Waals surface area (Å²) < 4.78 is 27.5. The summed E-state index contributed by atoms with van der Waals surface area (Å²) in [4.78, 5) is 12.8. The molecule has 1 N–H and O–H groups in total. The van der Waals surface area contributed by atoms with Gasteiger partial charge in [0.25, 0.3) is 0 Å². The van der Waals surface area contributed by atoms with Gasteiger partial charge in [0, 0.05) is 11.8 Å². The van der Waals surface area contributed by atoms with Gasteiger partial charge in [0.05, 0.1) is 30.2 Å². The standard InChI is InChI=1S/C26H25FN4O3S/c1-3-33-19-14-15-23(34-4-2)22(16-19)28-24(32)17-35-26-30-29-25(20-12-8-9-13-21(20)27)31(26)18-10-6-5-7-11-18/h5-16H,3-4,17H2,1-2H3,(H,28,32). The molecule has 0 aliphatic rings. The molecule has 0 spiro atoms. The van der Waals surface area contributed by atoms with E-state index in [0.29, 0.717) is 46.9 Å². The van der Waals surface area contributed by atoms with Crippen LogP contribution in [0.25, 0.3) is 17.1 Å². The van der Waals surface area contributed by atoms with E-state index < -0.39 is 5.82 Å². The number of ether oxygens (including phenoxy) is 2. The van der Waals surface area contributed by atoms with Crippen LogP contribution in [0, 0.1) is 5.82 Å². The minimum absolute atomic E-state index is 0.0622. The zero-order valence-corrected chi connectivity index (χ0v) is 20.2. The number of hydrogen-bond acceptors (Lipinski definition) is 6. The van der Waals surface area contributed by atoms with Crippen molar-refractivity contribution < 1.29 is 18.7 Å². The van der Waals surface area contributed by atoms with Crippen molar-refractivity contribution in [2.75, 3.05) is 24.3 Å². The summed E-state index contributed by atoms with van der Waals surface area (Å²) in [5, 5.41) is 11.9. The van der Waals surface area contributed by atoms with Crippen molar-refractivity contribution in [1.29, 1.82) is 0 Å². The van der Waals surface area contributed by atoms with E-state index >= 15 is 0 Å². The molecule has 4 aromatic rings. The second-order valence-corrected chi connectivity index (χ2v) is 8.26. The first-order chi connectivity index (χ1) is 17.1. The van der Waals surface area contributed by atoms with Crippen LogP contribution in [0.1, 0.15) is 13.8 Å². The van der Waals surface area contributed by atoms with Gasteiger partial charge in [0.2, 0.25) is 5.91 Å². The molecule has 180 valence electrons. The fourth-order valence-corrected chi connectivity index (χ4v) is 4.20. The number of rotatable bonds is 10. The minimum Gasteiger partial charge on any atom is -0.494 e. The third kappa shape index (κ3) is 5.81. The van der Waals surface area contributed by atoms with Crippen molar-refractivity contribution in [1.82, 2.24) is 14.8 Å². The number of para-hydroxylation sites is 1. The summed E-state index contributed by atoms with van der Waals surface area (Å²) in [6.07, 6.45) is 0. The summed E-state index contributed by atoms with van der Waals surface area (Å²) in [5.74, 6) is 0.969. The Bertz CT molecular complexity index is 1300. The van der Waals surface area contributed by atoms with Gasteiger partial charge < -0.3 is 14.8 Å². The molecule has 0 aliphatic carbocycles. The second-order valence-electron chi connectivity index (χ2n) is 7.32. The summed E-state index contributed by atoms with van der Waals surface area (Å²) in [5.41, 5.74) is 1.62. The molecule has 1 heterocycles. The van der Waals surface area contributed by atoms with Crippen molar-refractivity contribution >= 4 is 23.4 Å². The maximum atomic E-state index is 14.6. The number of halogens is 1. The average molecular weight is 493 g/mol. The van der Waals surface area contributed by atoms with Crippen LogP contribution < -0.4 is 14.8 Å². The second kappa shape index (κ2) is 11.5. The topological polar surface area (TPSA) is 78.3 Å². The molecule has 0 radical (unpaired) electrons. The van der Waals surface area contributed by atoms with Crippen molar-refractivity contribution in [2.24, 2.45) is 0 Å². The SMILES string of the molecule is CCOc1ccc(OCC)c(NC(=O)CSc2nnc(-c3ccccc3F)n2-c2ccccc2)c1. The van der Waals surface area contributed by atoms with Gasteiger partial charge in [-0.15, -0.1) is 10.2 Å². The Labute approximate surface area is 207 Å². The van der Waals surface area contributed by atoms with Gasteiger partial charge in [-0.1, -0.05) is 42.1 Å². The number of nitrogens with one attached hydrogen (secondary N) is 1. The molecule has 3 aromatic carbocycles. The normalized spacial score (nSPS) is 10.7. The summed E-state index contributed by atoms with van der Waals surface area (Å²) in [6, 6.07) is 21.1. The number of carbonyl (C=O) groups is 1. The first-order valence-electron chi connectivity index (χ1n) is 11.2. The van der Waals surface area contributed by atoms with Crippen molar-refractivity contribution in [2.45, 2.75) is 19.0 Å². The largest absolute Gasteiger partial charge is 0.494 e. The molecule has 0 unspecified atom stereocenters. The van der Waals surface area contributed by atoms with Gasteiger partial charge >= 0.3 is 0 Å². The Morgan fingerprint density at radius 1 is 0.971 bits per heavy atom. The summed E-state index contributed by atoms with van der Waals surface area (Å²) in [6.45, 7) is 4.74. The molecular weight excluding hydrogens is 467 g/mol. The number of anilines is 1. The molecular formula is C26H25FN4O3S. The zero-order valence-electron chi connectivity index (χ0n) is 19.4. The van der Waals surface area contributed by atoms with Crippen molar-refractivity contribution in [3.05, 3.63) is 78.6 Å². The molecule has 7 nitrogen and oxygen atoms in total. The highest BCUT2D eigenvalue weighted by Crippen LogP contribution is 2.31. The molecule has 1 amide bonds. The maximum absolute atomic E-state index is 14.6. The fraction of sp³-hybridized carbons (Fsp3) is 0.192. The van der Waals surface area contributed by atoms with Crippen LogP contribution in [0.3, 0.4) is 0 Å². The van der Waals surface area contributed by atoms with Crippen LogP contribution in [0.2, 0.25) is 0 Å². The Morgan fingerprint density at radius 3 is 2.46 bits per heavy atom. The van der Waals surface area contributed by atoms with Crippen LogP contribution in [-0.4, -0.2) is 39.6 Å². The summed E-state index contributed by atoms with van der Waals surface area (Å²) >= 11 is 1.21. The molecule has 9 heteroatoms. The smallest absolute Gasteiger partial charge is 0.234 e. The number of benzene rings is 3. The molecule has 35 heavy (non-hydrogen) atoms. The lowest BCUT2D eigenvalue weighted by molar-refractivity contribution is -0.113. The lowest BCUT2D eigenvalue weighted by Gasteiger charge is -2.14. The summed E-state index contributed by atoms with van der Waals surface area (Å²) in [7, 11) is 0. The van der Waals surface area contributed by atoms with Gasteiger partial charge in [-0.2, -0.15) is 0 Å². The molecule has 0 saturated heterocycles. The predicted molar refractivity (Wildman–Crippen MR) is 135 cm³/mol. The molecule has 1 aromatic heterocycles. The van der Waals surface area contributed by atoms with E-state index in [0.717, 1.165) is 5.69 Å². The Kier molecular flexibility index (Phi) is 7.99. The maximum Gasteiger partial charge on any atom is 0.234 e. The van der Waals surface area contributed by atoms with Gasteiger partial charge in [0.1, 0.15) is 17.3 Å². The molecule has 0 aliphatic heterocycles. The monoisotopic (exact) mass is 492 g/mol. The third-order valence-electron chi connectivity index (χ3n) is 4.93. The lowest BCUT2D eigenvalue weighted by Crippen LogP contribution is -2.15. The van der Waals surface area contributed by atoms with Crippen LogP contribution in [-0.2, 0) is 4.79 Å². The number of aromatic nitrogens is 3. The quantitative estimate of drug-likeness (QED) is 0.290. The van der Waals surface area contributed by atoms with Crippen LogP contribution in [0.15, 0.2) is 78.0 Å². The van der Waals surface area contributed by atoms with Crippen molar-refractivity contribution in [3.63, 3.8) is 0 Å². The molecule has 0 atom stereocenters. The number of hydrogen-bond donors (Lipinski definition) is 1. The van der Waals surface area contributed by atoms with E-state index in [-0.39, 0.29) is 11.7 Å². The molecule has 4 rings (SSSR count). The van der Waals surface area contributed by atoms with Gasteiger partial charge in [0.15, 0.2) is 11.0 Å². The Morgan fingerprint density at radius 2 is 1.71 bits per heavy atom. The Balaban J connectivity index is 1.57. The first-order valence-corrected chi connectivity index (χ1v) is 12.2. The van der Waals surface area contributed by atoms with E-state index in [1.165, 1.54) is 17.8 Å². The molecule has 0 fully saturated rings. The predicted octanol–water partition coefficient (Wildman–Crippen LogP) is 5.60. The lowest BCUT2D eigenvalue weighted by atomic mass is 10.2. The van der Waals surface area contributed by atoms with Crippen LogP contribution in [0.5, 0.6) is 11.5 Å². The number of thioether (sulfide) groups is 1. The van der Waals surface area contributed by atoms with Crippen LogP contribution in [0.4, 0.5) is 10.1 Å². The van der Waals surface area contributed by atoms with E-state index in [4.69, 9.17) is 9.47 Å². The molecule has 0 bridgehead atoms. The highest BCUT2D eigenvalue weighted by atomic mass is 32.2. The Hall–Kier alpha value is -3.85. The zero-order chi connectivity index (χ0) is 24.6. The average Bonchev–Trinajstić information content (AvgIpc) is 3.29. The number of carbonyl (C=O) groups excluding carboxylic acids is 1. The fourth-order valence-electron chi connectivity index (χ4n) is 3.45. The highest BCUT2D eigenvalue weighted by molar-refractivity contribution is 7.99. The van der Waals surface area contributed by atoms with Crippen molar-refractivity contribution in [3.8, 4) is 28.6 Å². The van der Waals surface area contributed by atoms with E-state index in [1.54, 1.807) is 41.0 Å². The van der Waals surface area contributed by atoms with Gasteiger partial charge in [-0.05, 0) is 50.2 Å². The van der Waals surface area contributed by atoms with Gasteiger partial charge in [-0.25, -0.2) is 4.39 Å².